The molecule has 0 aliphatic rings. The number of aliphatic hydroxyl groups excluding tert-OH is 1. The van der Waals surface area contributed by atoms with Crippen LogP contribution in [0.5, 0.6) is 0 Å². The van der Waals surface area contributed by atoms with Crippen molar-refractivity contribution in [3.05, 3.63) is 23.8 Å². The van der Waals surface area contributed by atoms with Gasteiger partial charge in [0.25, 0.3) is 0 Å². The summed E-state index contributed by atoms with van der Waals surface area (Å²) in [4.78, 5) is 0. The first-order chi connectivity index (χ1) is 5.57. The monoisotopic (exact) mass is 168 g/mol. The Bertz CT molecular complexity index is 168. The fraction of sp³-hybridized carbons (Fsp3) is 0.636. The summed E-state index contributed by atoms with van der Waals surface area (Å²) in [7, 11) is 0. The molecule has 12 heavy (non-hydrogen) atoms. The fourth-order valence-electron chi connectivity index (χ4n) is 1.00. The van der Waals surface area contributed by atoms with E-state index in [2.05, 4.69) is 12.7 Å². The molecule has 0 rings (SSSR count). The highest BCUT2D eigenvalue weighted by atomic mass is 16.3. The van der Waals surface area contributed by atoms with E-state index in [1.165, 1.54) is 5.57 Å². The molecule has 0 aliphatic carbocycles. The molecule has 70 valence electrons. The molecular weight excluding hydrogens is 148 g/mol. The van der Waals surface area contributed by atoms with Gasteiger partial charge in [0.15, 0.2) is 0 Å². The molecule has 1 N–H and O–H groups in total. The van der Waals surface area contributed by atoms with Crippen LogP contribution in [-0.4, -0.2) is 11.2 Å². The van der Waals surface area contributed by atoms with Gasteiger partial charge in [-0.3, -0.25) is 0 Å². The molecule has 0 aliphatic heterocycles. The largest absolute Gasteiger partial charge is 0.389 e. The maximum atomic E-state index is 9.40. The Morgan fingerprint density at radius 2 is 2.08 bits per heavy atom. The lowest BCUT2D eigenvalue weighted by molar-refractivity contribution is 0.206. The van der Waals surface area contributed by atoms with Gasteiger partial charge in [0.05, 0.1) is 6.10 Å². The second kappa shape index (κ2) is 6.01. The predicted molar refractivity (Wildman–Crippen MR) is 54.1 cm³/mol. The lowest BCUT2D eigenvalue weighted by Crippen LogP contribution is -2.05. The normalized spacial score (nSPS) is 14.5. The summed E-state index contributed by atoms with van der Waals surface area (Å²) in [5.41, 5.74) is 2.28. The average molecular weight is 168 g/mol. The molecule has 0 amide bonds. The summed E-state index contributed by atoms with van der Waals surface area (Å²) in [5, 5.41) is 9.40. The molecule has 0 heterocycles. The number of aliphatic hydroxyl groups is 1. The van der Waals surface area contributed by atoms with Crippen LogP contribution in [0.25, 0.3) is 0 Å². The number of rotatable bonds is 5. The molecule has 0 aromatic rings. The highest BCUT2D eigenvalue weighted by Crippen LogP contribution is 2.09. The zero-order valence-corrected chi connectivity index (χ0v) is 8.43. The molecule has 0 aromatic heterocycles. The van der Waals surface area contributed by atoms with Crippen LogP contribution in [0, 0.1) is 0 Å². The van der Waals surface area contributed by atoms with Crippen molar-refractivity contribution in [2.45, 2.75) is 46.1 Å². The van der Waals surface area contributed by atoms with Crippen molar-refractivity contribution in [2.24, 2.45) is 0 Å². The van der Waals surface area contributed by atoms with Crippen LogP contribution >= 0.6 is 0 Å². The Kier molecular flexibility index (Phi) is 5.73. The van der Waals surface area contributed by atoms with E-state index >= 15 is 0 Å². The third-order valence-electron chi connectivity index (χ3n) is 1.95. The lowest BCUT2D eigenvalue weighted by Gasteiger charge is -2.07. The van der Waals surface area contributed by atoms with E-state index in [4.69, 9.17) is 0 Å². The molecule has 0 saturated carbocycles. The standard InChI is InChI=1S/C11H20O/c1-5-11(12)10(4)8-6-7-9(2)3/h8,11-12H,2,5-7H2,1,3-4H3/b10-8+. The van der Waals surface area contributed by atoms with Gasteiger partial charge in [-0.1, -0.05) is 18.6 Å². The molecule has 1 unspecified atom stereocenters. The van der Waals surface area contributed by atoms with E-state index < -0.39 is 0 Å². The number of hydrogen-bond acceptors (Lipinski definition) is 1. The van der Waals surface area contributed by atoms with Crippen LogP contribution in [0.15, 0.2) is 23.8 Å². The lowest BCUT2D eigenvalue weighted by atomic mass is 10.1. The van der Waals surface area contributed by atoms with E-state index in [9.17, 15) is 5.11 Å². The Morgan fingerprint density at radius 1 is 1.50 bits per heavy atom. The van der Waals surface area contributed by atoms with E-state index in [0.29, 0.717) is 0 Å². The fourth-order valence-corrected chi connectivity index (χ4v) is 1.00. The first kappa shape index (κ1) is 11.4. The van der Waals surface area contributed by atoms with Crippen molar-refractivity contribution in [1.29, 1.82) is 0 Å². The minimum absolute atomic E-state index is 0.255. The van der Waals surface area contributed by atoms with Gasteiger partial charge in [-0.2, -0.15) is 0 Å². The third-order valence-corrected chi connectivity index (χ3v) is 1.95. The van der Waals surface area contributed by atoms with Gasteiger partial charge in [-0.15, -0.1) is 6.58 Å². The topological polar surface area (TPSA) is 20.2 Å². The molecule has 0 fully saturated rings. The molecule has 0 saturated heterocycles. The van der Waals surface area contributed by atoms with Gasteiger partial charge in [0.1, 0.15) is 0 Å². The summed E-state index contributed by atoms with van der Waals surface area (Å²) in [6.45, 7) is 9.82. The van der Waals surface area contributed by atoms with Crippen LogP contribution in [0.4, 0.5) is 0 Å². The maximum Gasteiger partial charge on any atom is 0.0744 e. The number of hydrogen-bond donors (Lipinski definition) is 1. The van der Waals surface area contributed by atoms with Gasteiger partial charge >= 0.3 is 0 Å². The van der Waals surface area contributed by atoms with Gasteiger partial charge in [-0.05, 0) is 38.7 Å². The van der Waals surface area contributed by atoms with Crippen molar-refractivity contribution in [3.63, 3.8) is 0 Å². The first-order valence-corrected chi connectivity index (χ1v) is 4.57. The van der Waals surface area contributed by atoms with Crippen molar-refractivity contribution in [1.82, 2.24) is 0 Å². The molecule has 1 atom stereocenters. The molecule has 0 radical (unpaired) electrons. The van der Waals surface area contributed by atoms with Gasteiger partial charge in [-0.25, -0.2) is 0 Å². The Labute approximate surface area is 75.8 Å². The van der Waals surface area contributed by atoms with E-state index in [0.717, 1.165) is 24.8 Å². The van der Waals surface area contributed by atoms with Crippen molar-refractivity contribution in [2.75, 3.05) is 0 Å². The third kappa shape index (κ3) is 5.14. The highest BCUT2D eigenvalue weighted by Gasteiger charge is 2.00. The van der Waals surface area contributed by atoms with E-state index in [-0.39, 0.29) is 6.10 Å². The minimum atomic E-state index is -0.255. The smallest absolute Gasteiger partial charge is 0.0744 e. The van der Waals surface area contributed by atoms with Crippen LogP contribution in [0.3, 0.4) is 0 Å². The molecule has 1 nitrogen and oxygen atoms in total. The van der Waals surface area contributed by atoms with Gasteiger partial charge in [0, 0.05) is 0 Å². The first-order valence-electron chi connectivity index (χ1n) is 4.57. The Morgan fingerprint density at radius 3 is 2.50 bits per heavy atom. The highest BCUT2D eigenvalue weighted by molar-refractivity contribution is 5.05. The van der Waals surface area contributed by atoms with E-state index in [1.807, 2.05) is 20.8 Å². The summed E-state index contributed by atoms with van der Waals surface area (Å²) >= 11 is 0. The molecule has 0 aromatic carbocycles. The average Bonchev–Trinajstić information content (AvgIpc) is 2.02. The van der Waals surface area contributed by atoms with Crippen LogP contribution in [0.1, 0.15) is 40.0 Å². The molecule has 0 spiro atoms. The molecular formula is C11H20O. The quantitative estimate of drug-likeness (QED) is 0.625. The van der Waals surface area contributed by atoms with Crippen molar-refractivity contribution < 1.29 is 5.11 Å². The SMILES string of the molecule is C=C(C)CC/C=C(\C)C(O)CC. The van der Waals surface area contributed by atoms with Gasteiger partial charge < -0.3 is 5.11 Å². The zero-order valence-electron chi connectivity index (χ0n) is 8.43. The summed E-state index contributed by atoms with van der Waals surface area (Å²) < 4.78 is 0. The van der Waals surface area contributed by atoms with E-state index in [1.54, 1.807) is 0 Å². The summed E-state index contributed by atoms with van der Waals surface area (Å²) in [5.74, 6) is 0. The minimum Gasteiger partial charge on any atom is -0.389 e. The Balaban J connectivity index is 3.76. The zero-order chi connectivity index (χ0) is 9.56. The second-order valence-corrected chi connectivity index (χ2v) is 3.37. The van der Waals surface area contributed by atoms with Crippen LogP contribution in [0.2, 0.25) is 0 Å². The molecule has 0 bridgehead atoms. The maximum absolute atomic E-state index is 9.40. The van der Waals surface area contributed by atoms with Crippen LogP contribution < -0.4 is 0 Å². The van der Waals surface area contributed by atoms with Crippen LogP contribution in [-0.2, 0) is 0 Å². The Hall–Kier alpha value is -0.560. The molecule has 1 heteroatoms. The predicted octanol–water partition coefficient (Wildman–Crippen LogP) is 3.06. The number of allylic oxidation sites excluding steroid dienone is 2. The van der Waals surface area contributed by atoms with Crippen molar-refractivity contribution in [3.8, 4) is 0 Å². The second-order valence-electron chi connectivity index (χ2n) is 3.37. The summed E-state index contributed by atoms with van der Waals surface area (Å²) in [6.07, 6.45) is 4.67. The summed E-state index contributed by atoms with van der Waals surface area (Å²) in [6, 6.07) is 0. The van der Waals surface area contributed by atoms with Gasteiger partial charge in [0.2, 0.25) is 0 Å². The van der Waals surface area contributed by atoms with Crippen molar-refractivity contribution >= 4 is 0 Å².